The van der Waals surface area contributed by atoms with Crippen LogP contribution >= 0.6 is 12.2 Å². The fraction of sp³-hybridized carbons (Fsp3) is 0.462. The molecule has 0 bridgehead atoms. The first-order valence-corrected chi connectivity index (χ1v) is 8.01. The fourth-order valence-corrected chi connectivity index (χ4v) is 3.09. The van der Waals surface area contributed by atoms with Gasteiger partial charge in [0.2, 0.25) is 0 Å². The van der Waals surface area contributed by atoms with Crippen molar-refractivity contribution >= 4 is 27.0 Å². The molecule has 0 aliphatic carbocycles. The molecule has 0 radical (unpaired) electrons. The van der Waals surface area contributed by atoms with Crippen LogP contribution in [0.15, 0.2) is 29.2 Å². The van der Waals surface area contributed by atoms with Crippen LogP contribution in [0, 0.1) is 5.92 Å². The number of nitrogens with two attached hydrogens (primary N) is 1. The van der Waals surface area contributed by atoms with Gasteiger partial charge in [0.1, 0.15) is 0 Å². The first-order valence-electron chi connectivity index (χ1n) is 5.95. The van der Waals surface area contributed by atoms with E-state index in [2.05, 4.69) is 6.92 Å². The van der Waals surface area contributed by atoms with E-state index in [1.807, 2.05) is 6.07 Å². The highest BCUT2D eigenvalue weighted by Gasteiger charge is 2.12. The molecule has 2 N–H and O–H groups in total. The van der Waals surface area contributed by atoms with Crippen LogP contribution in [0.25, 0.3) is 0 Å². The van der Waals surface area contributed by atoms with E-state index in [1.165, 1.54) is 0 Å². The van der Waals surface area contributed by atoms with Crippen molar-refractivity contribution in [2.75, 3.05) is 5.75 Å². The highest BCUT2D eigenvalue weighted by Crippen LogP contribution is 2.17. The number of rotatable bonds is 6. The van der Waals surface area contributed by atoms with Crippen LogP contribution in [0.2, 0.25) is 0 Å². The monoisotopic (exact) mass is 285 g/mol. The van der Waals surface area contributed by atoms with Crippen LogP contribution in [0.5, 0.6) is 0 Å². The Balaban J connectivity index is 2.86. The second-order valence-corrected chi connectivity index (χ2v) is 7.33. The summed E-state index contributed by atoms with van der Waals surface area (Å²) in [6.45, 7) is 3.71. The molecular weight excluding hydrogens is 266 g/mol. The quantitative estimate of drug-likeness (QED) is 0.815. The van der Waals surface area contributed by atoms with Gasteiger partial charge in [0, 0.05) is 6.42 Å². The molecule has 1 atom stereocenters. The Morgan fingerprint density at radius 1 is 1.44 bits per heavy atom. The lowest BCUT2D eigenvalue weighted by Gasteiger charge is -2.11. The van der Waals surface area contributed by atoms with Gasteiger partial charge in [0.05, 0.1) is 15.6 Å². The average Bonchev–Trinajstić information content (AvgIpc) is 2.28. The van der Waals surface area contributed by atoms with Gasteiger partial charge < -0.3 is 5.73 Å². The van der Waals surface area contributed by atoms with Gasteiger partial charge >= 0.3 is 0 Å². The first kappa shape index (κ1) is 15.1. The molecule has 0 aromatic heterocycles. The molecule has 5 heteroatoms. The molecule has 3 nitrogen and oxygen atoms in total. The number of hydrogen-bond acceptors (Lipinski definition) is 3. The molecule has 0 heterocycles. The first-order chi connectivity index (χ1) is 8.35. The SMILES string of the molecule is CCS(=O)(=O)c1cccc(CC(C)CC(N)=S)c1. The van der Waals surface area contributed by atoms with Crippen molar-refractivity contribution in [2.24, 2.45) is 11.7 Å². The summed E-state index contributed by atoms with van der Waals surface area (Å²) < 4.78 is 23.6. The van der Waals surface area contributed by atoms with Gasteiger partial charge in [-0.15, -0.1) is 0 Å². The third kappa shape index (κ3) is 4.38. The molecule has 1 aromatic rings. The number of thiocarbonyl (C=S) groups is 1. The maximum Gasteiger partial charge on any atom is 0.178 e. The van der Waals surface area contributed by atoms with Gasteiger partial charge in [-0.3, -0.25) is 0 Å². The number of hydrogen-bond donors (Lipinski definition) is 1. The van der Waals surface area contributed by atoms with E-state index in [0.29, 0.717) is 22.2 Å². The Kier molecular flexibility index (Phi) is 5.28. The smallest absolute Gasteiger partial charge is 0.178 e. The lowest BCUT2D eigenvalue weighted by atomic mass is 9.98. The van der Waals surface area contributed by atoms with Gasteiger partial charge in [0.15, 0.2) is 9.84 Å². The maximum atomic E-state index is 11.8. The molecule has 100 valence electrons. The Morgan fingerprint density at radius 2 is 2.11 bits per heavy atom. The fourth-order valence-electron chi connectivity index (χ4n) is 1.85. The summed E-state index contributed by atoms with van der Waals surface area (Å²) in [6, 6.07) is 7.10. The minimum atomic E-state index is -3.13. The van der Waals surface area contributed by atoms with Crippen molar-refractivity contribution in [2.45, 2.75) is 31.6 Å². The van der Waals surface area contributed by atoms with Crippen LogP contribution in [0.4, 0.5) is 0 Å². The second-order valence-electron chi connectivity index (χ2n) is 4.53. The zero-order valence-electron chi connectivity index (χ0n) is 10.7. The van der Waals surface area contributed by atoms with Gasteiger partial charge in [-0.05, 0) is 30.0 Å². The Morgan fingerprint density at radius 3 is 2.67 bits per heavy atom. The summed E-state index contributed by atoms with van der Waals surface area (Å²) in [6.07, 6.45) is 1.46. The Hall–Kier alpha value is -0.940. The minimum Gasteiger partial charge on any atom is -0.393 e. The molecule has 0 aliphatic rings. The lowest BCUT2D eigenvalue weighted by Crippen LogP contribution is -2.14. The van der Waals surface area contributed by atoms with E-state index in [9.17, 15) is 8.42 Å². The van der Waals surface area contributed by atoms with Crippen molar-refractivity contribution in [3.05, 3.63) is 29.8 Å². The molecule has 0 spiro atoms. The topological polar surface area (TPSA) is 60.2 Å². The molecule has 0 fully saturated rings. The summed E-state index contributed by atoms with van der Waals surface area (Å²) in [5, 5.41) is 0. The van der Waals surface area contributed by atoms with Gasteiger partial charge in [-0.2, -0.15) is 0 Å². The van der Waals surface area contributed by atoms with E-state index >= 15 is 0 Å². The summed E-state index contributed by atoms with van der Waals surface area (Å²) >= 11 is 4.87. The average molecular weight is 285 g/mol. The van der Waals surface area contributed by atoms with Crippen molar-refractivity contribution in [1.29, 1.82) is 0 Å². The highest BCUT2D eigenvalue weighted by atomic mass is 32.2. The van der Waals surface area contributed by atoms with Gasteiger partial charge in [-0.1, -0.05) is 38.2 Å². The zero-order chi connectivity index (χ0) is 13.8. The van der Waals surface area contributed by atoms with E-state index in [-0.39, 0.29) is 5.75 Å². The zero-order valence-corrected chi connectivity index (χ0v) is 12.4. The predicted molar refractivity (Wildman–Crippen MR) is 78.4 cm³/mol. The van der Waals surface area contributed by atoms with Crippen LogP contribution in [0.1, 0.15) is 25.8 Å². The molecule has 0 saturated heterocycles. The van der Waals surface area contributed by atoms with Crippen molar-refractivity contribution < 1.29 is 8.42 Å². The van der Waals surface area contributed by atoms with Crippen molar-refractivity contribution in [1.82, 2.24) is 0 Å². The highest BCUT2D eigenvalue weighted by molar-refractivity contribution is 7.91. The largest absolute Gasteiger partial charge is 0.393 e. The lowest BCUT2D eigenvalue weighted by molar-refractivity contribution is 0.594. The maximum absolute atomic E-state index is 11.8. The molecule has 1 aromatic carbocycles. The van der Waals surface area contributed by atoms with E-state index in [4.69, 9.17) is 18.0 Å². The van der Waals surface area contributed by atoms with Crippen LogP contribution in [0.3, 0.4) is 0 Å². The second kappa shape index (κ2) is 6.29. The third-order valence-electron chi connectivity index (χ3n) is 2.77. The molecule has 0 saturated carbocycles. The molecule has 1 rings (SSSR count). The van der Waals surface area contributed by atoms with Crippen LogP contribution < -0.4 is 5.73 Å². The molecule has 1 unspecified atom stereocenters. The molecular formula is C13H19NO2S2. The number of sulfone groups is 1. The molecule has 18 heavy (non-hydrogen) atoms. The standard InChI is InChI=1S/C13H19NO2S2/c1-3-18(15,16)12-6-4-5-11(9-12)7-10(2)8-13(14)17/h4-6,9-10H,3,7-8H2,1-2H3,(H2,14,17). The Labute approximate surface area is 114 Å². The van der Waals surface area contributed by atoms with Crippen molar-refractivity contribution in [3.8, 4) is 0 Å². The molecule has 0 aliphatic heterocycles. The molecule has 0 amide bonds. The van der Waals surface area contributed by atoms with E-state index in [0.717, 1.165) is 12.0 Å². The number of benzene rings is 1. The predicted octanol–water partition coefficient (Wildman–Crippen LogP) is 2.33. The Bertz CT molecular complexity index is 524. The minimum absolute atomic E-state index is 0.124. The van der Waals surface area contributed by atoms with Crippen molar-refractivity contribution in [3.63, 3.8) is 0 Å². The van der Waals surface area contributed by atoms with E-state index < -0.39 is 9.84 Å². The third-order valence-corrected chi connectivity index (χ3v) is 4.67. The normalized spacial score (nSPS) is 13.2. The summed E-state index contributed by atoms with van der Waals surface area (Å²) in [7, 11) is -3.13. The summed E-state index contributed by atoms with van der Waals surface area (Å²) in [5.41, 5.74) is 6.51. The summed E-state index contributed by atoms with van der Waals surface area (Å²) in [4.78, 5) is 0.893. The van der Waals surface area contributed by atoms with Crippen LogP contribution in [-0.2, 0) is 16.3 Å². The van der Waals surface area contributed by atoms with Gasteiger partial charge in [0.25, 0.3) is 0 Å². The summed E-state index contributed by atoms with van der Waals surface area (Å²) in [5.74, 6) is 0.445. The van der Waals surface area contributed by atoms with E-state index in [1.54, 1.807) is 25.1 Å². The van der Waals surface area contributed by atoms with Gasteiger partial charge in [-0.25, -0.2) is 8.42 Å². The van der Waals surface area contributed by atoms with Crippen LogP contribution in [-0.4, -0.2) is 19.2 Å².